The first-order valence-corrected chi connectivity index (χ1v) is 6.16. The van der Waals surface area contributed by atoms with Crippen molar-refractivity contribution in [3.05, 3.63) is 34.3 Å². The van der Waals surface area contributed by atoms with Crippen LogP contribution in [0.3, 0.4) is 0 Å². The molecular weight excluding hydrogens is 268 g/mol. The Morgan fingerprint density at radius 3 is 2.69 bits per heavy atom. The Bertz CT molecular complexity index is 415. The molecule has 1 fully saturated rings. The van der Waals surface area contributed by atoms with Gasteiger partial charge in [-0.1, -0.05) is 34.1 Å². The first-order chi connectivity index (χ1) is 7.53. The third-order valence-corrected chi connectivity index (χ3v) is 3.68. The third-order valence-electron chi connectivity index (χ3n) is 2.96. The van der Waals surface area contributed by atoms with Crippen LogP contribution in [0, 0.1) is 0 Å². The van der Waals surface area contributed by atoms with Gasteiger partial charge in [0.25, 0.3) is 0 Å². The highest BCUT2D eigenvalue weighted by Crippen LogP contribution is 2.33. The number of amides is 1. The van der Waals surface area contributed by atoms with Crippen LogP contribution in [0.5, 0.6) is 0 Å². The predicted octanol–water partition coefficient (Wildman–Crippen LogP) is 2.12. The molecule has 0 bridgehead atoms. The average molecular weight is 283 g/mol. The molecule has 1 saturated carbocycles. The van der Waals surface area contributed by atoms with Gasteiger partial charge in [0.05, 0.1) is 11.6 Å². The molecule has 86 valence electrons. The summed E-state index contributed by atoms with van der Waals surface area (Å²) in [7, 11) is 0. The molecule has 0 radical (unpaired) electrons. The van der Waals surface area contributed by atoms with Gasteiger partial charge >= 0.3 is 0 Å². The molecule has 0 saturated heterocycles. The molecule has 3 N–H and O–H groups in total. The van der Waals surface area contributed by atoms with Crippen LogP contribution in [0.2, 0.25) is 0 Å². The van der Waals surface area contributed by atoms with E-state index in [4.69, 9.17) is 5.73 Å². The lowest BCUT2D eigenvalue weighted by Gasteiger charge is -2.18. The first-order valence-electron chi connectivity index (χ1n) is 5.37. The molecule has 0 heterocycles. The van der Waals surface area contributed by atoms with Gasteiger partial charge < -0.3 is 11.1 Å². The van der Waals surface area contributed by atoms with Crippen LogP contribution in [-0.2, 0) is 4.79 Å². The fraction of sp³-hybridized carbons (Fsp3) is 0.417. The Hall–Kier alpha value is -0.870. The van der Waals surface area contributed by atoms with E-state index in [0.717, 1.165) is 22.9 Å². The highest BCUT2D eigenvalue weighted by molar-refractivity contribution is 9.10. The number of hydrogen-bond donors (Lipinski definition) is 2. The molecule has 1 aliphatic rings. The minimum atomic E-state index is -0.602. The van der Waals surface area contributed by atoms with Crippen LogP contribution in [0.15, 0.2) is 28.7 Å². The summed E-state index contributed by atoms with van der Waals surface area (Å²) in [6, 6.07) is 7.84. The van der Waals surface area contributed by atoms with E-state index >= 15 is 0 Å². The maximum Gasteiger partial charge on any atom is 0.240 e. The number of halogens is 1. The predicted molar refractivity (Wildman–Crippen MR) is 66.9 cm³/mol. The molecule has 3 nitrogen and oxygen atoms in total. The Morgan fingerprint density at radius 1 is 1.50 bits per heavy atom. The van der Waals surface area contributed by atoms with Crippen molar-refractivity contribution in [2.45, 2.75) is 31.3 Å². The highest BCUT2D eigenvalue weighted by Gasteiger charge is 2.46. The van der Waals surface area contributed by atoms with Gasteiger partial charge in [-0.25, -0.2) is 0 Å². The maximum absolute atomic E-state index is 11.8. The molecule has 16 heavy (non-hydrogen) atoms. The number of hydrogen-bond acceptors (Lipinski definition) is 2. The molecule has 4 heteroatoms. The van der Waals surface area contributed by atoms with Gasteiger partial charge in [0.1, 0.15) is 0 Å². The van der Waals surface area contributed by atoms with Crippen molar-refractivity contribution in [1.29, 1.82) is 0 Å². The minimum absolute atomic E-state index is 0.0240. The molecule has 0 aliphatic heterocycles. The smallest absolute Gasteiger partial charge is 0.240 e. The molecule has 2 rings (SSSR count). The van der Waals surface area contributed by atoms with E-state index in [1.54, 1.807) is 0 Å². The van der Waals surface area contributed by atoms with Gasteiger partial charge in [0, 0.05) is 4.47 Å². The van der Waals surface area contributed by atoms with Crippen LogP contribution in [0.1, 0.15) is 31.4 Å². The summed E-state index contributed by atoms with van der Waals surface area (Å²) in [5, 5.41) is 2.95. The zero-order chi connectivity index (χ0) is 11.8. The molecular formula is C12H15BrN2O. The number of carbonyl (C=O) groups is 1. The number of carbonyl (C=O) groups excluding carboxylic acids is 1. The Kier molecular flexibility index (Phi) is 3.04. The second kappa shape index (κ2) is 4.18. The summed E-state index contributed by atoms with van der Waals surface area (Å²) in [6.07, 6.45) is 1.59. The molecule has 1 amide bonds. The standard InChI is InChI=1S/C12H15BrN2O/c1-8(9-4-2-3-5-10(9)13)15-11(16)12(14)6-7-12/h2-5,8H,6-7,14H2,1H3,(H,15,16). The monoisotopic (exact) mass is 282 g/mol. The SMILES string of the molecule is CC(NC(=O)C1(N)CC1)c1ccccc1Br. The largest absolute Gasteiger partial charge is 0.348 e. The van der Waals surface area contributed by atoms with E-state index in [2.05, 4.69) is 21.2 Å². The van der Waals surface area contributed by atoms with Gasteiger partial charge in [-0.2, -0.15) is 0 Å². The number of rotatable bonds is 3. The van der Waals surface area contributed by atoms with E-state index in [-0.39, 0.29) is 11.9 Å². The molecule has 1 unspecified atom stereocenters. The Morgan fingerprint density at radius 2 is 2.12 bits per heavy atom. The van der Waals surface area contributed by atoms with Crippen LogP contribution in [0.25, 0.3) is 0 Å². The fourth-order valence-corrected chi connectivity index (χ4v) is 2.23. The summed E-state index contributed by atoms with van der Waals surface area (Å²) in [6.45, 7) is 1.96. The van der Waals surface area contributed by atoms with Crippen molar-refractivity contribution in [1.82, 2.24) is 5.32 Å². The van der Waals surface area contributed by atoms with Crippen molar-refractivity contribution in [2.24, 2.45) is 5.73 Å². The zero-order valence-corrected chi connectivity index (χ0v) is 10.8. The number of nitrogens with two attached hydrogens (primary N) is 1. The third kappa shape index (κ3) is 2.28. The topological polar surface area (TPSA) is 55.1 Å². The zero-order valence-electron chi connectivity index (χ0n) is 9.16. The molecule has 0 spiro atoms. The summed E-state index contributed by atoms with van der Waals surface area (Å²) < 4.78 is 1.00. The van der Waals surface area contributed by atoms with Gasteiger partial charge in [0.2, 0.25) is 5.91 Å². The highest BCUT2D eigenvalue weighted by atomic mass is 79.9. The van der Waals surface area contributed by atoms with Crippen LogP contribution in [0.4, 0.5) is 0 Å². The molecule has 0 aromatic heterocycles. The van der Waals surface area contributed by atoms with Crippen LogP contribution in [-0.4, -0.2) is 11.4 Å². The molecule has 1 aromatic rings. The second-order valence-electron chi connectivity index (χ2n) is 4.37. The van der Waals surface area contributed by atoms with E-state index in [1.807, 2.05) is 31.2 Å². The summed E-state index contributed by atoms with van der Waals surface area (Å²) in [4.78, 5) is 11.8. The normalized spacial score (nSPS) is 18.9. The van der Waals surface area contributed by atoms with Gasteiger partial charge in [0.15, 0.2) is 0 Å². The second-order valence-corrected chi connectivity index (χ2v) is 5.23. The van der Waals surface area contributed by atoms with Crippen LogP contribution < -0.4 is 11.1 Å². The minimum Gasteiger partial charge on any atom is -0.348 e. The van der Waals surface area contributed by atoms with Crippen LogP contribution >= 0.6 is 15.9 Å². The summed E-state index contributed by atoms with van der Waals surface area (Å²) in [5.41, 5.74) is 6.30. The Balaban J connectivity index is 2.06. The van der Waals surface area contributed by atoms with Crippen molar-refractivity contribution < 1.29 is 4.79 Å². The summed E-state index contributed by atoms with van der Waals surface area (Å²) in [5.74, 6) is -0.0456. The fourth-order valence-electron chi connectivity index (χ4n) is 1.61. The Labute approximate surface area is 104 Å². The van der Waals surface area contributed by atoms with Crippen molar-refractivity contribution in [3.63, 3.8) is 0 Å². The van der Waals surface area contributed by atoms with E-state index in [9.17, 15) is 4.79 Å². The average Bonchev–Trinajstić information content (AvgIpc) is 2.98. The number of benzene rings is 1. The van der Waals surface area contributed by atoms with Gasteiger partial charge in [-0.05, 0) is 31.4 Å². The van der Waals surface area contributed by atoms with Crippen molar-refractivity contribution in [2.75, 3.05) is 0 Å². The maximum atomic E-state index is 11.8. The lowest BCUT2D eigenvalue weighted by Crippen LogP contribution is -2.43. The summed E-state index contributed by atoms with van der Waals surface area (Å²) >= 11 is 3.47. The van der Waals surface area contributed by atoms with E-state index in [1.165, 1.54) is 0 Å². The van der Waals surface area contributed by atoms with Crippen molar-refractivity contribution >= 4 is 21.8 Å². The van der Waals surface area contributed by atoms with Gasteiger partial charge in [-0.15, -0.1) is 0 Å². The first kappa shape index (κ1) is 11.6. The lowest BCUT2D eigenvalue weighted by atomic mass is 10.1. The van der Waals surface area contributed by atoms with E-state index in [0.29, 0.717) is 0 Å². The van der Waals surface area contributed by atoms with Gasteiger partial charge in [-0.3, -0.25) is 4.79 Å². The quantitative estimate of drug-likeness (QED) is 0.892. The van der Waals surface area contributed by atoms with Crippen molar-refractivity contribution in [3.8, 4) is 0 Å². The van der Waals surface area contributed by atoms with E-state index < -0.39 is 5.54 Å². The lowest BCUT2D eigenvalue weighted by molar-refractivity contribution is -0.123. The number of nitrogens with one attached hydrogen (secondary N) is 1. The molecule has 1 aromatic carbocycles. The molecule has 1 aliphatic carbocycles. The molecule has 1 atom stereocenters.